The van der Waals surface area contributed by atoms with E-state index in [-0.39, 0.29) is 34.4 Å². The van der Waals surface area contributed by atoms with Crippen LogP contribution < -0.4 is 10.6 Å². The van der Waals surface area contributed by atoms with Crippen LogP contribution >= 0.6 is 27.7 Å². The first-order valence-corrected chi connectivity index (χ1v) is 14.8. The number of fused-ring (bicyclic) bond motifs is 1. The van der Waals surface area contributed by atoms with E-state index in [0.717, 1.165) is 38.9 Å². The summed E-state index contributed by atoms with van der Waals surface area (Å²) >= 11 is 5.47. The lowest BCUT2D eigenvalue weighted by Crippen LogP contribution is -2.55. The molecule has 4 aliphatic rings. The largest absolute Gasteiger partial charge is 0.396 e. The Hall–Kier alpha value is -0.880. The van der Waals surface area contributed by atoms with Crippen LogP contribution in [0.3, 0.4) is 0 Å². The monoisotopic (exact) mass is 574 g/mol. The van der Waals surface area contributed by atoms with E-state index in [0.29, 0.717) is 45.7 Å². The molecule has 9 nitrogen and oxygen atoms in total. The molecule has 4 aliphatic heterocycles. The Morgan fingerprint density at radius 3 is 2.60 bits per heavy atom. The summed E-state index contributed by atoms with van der Waals surface area (Å²) in [7, 11) is 0. The third kappa shape index (κ3) is 5.39. The van der Waals surface area contributed by atoms with E-state index < -0.39 is 22.6 Å². The summed E-state index contributed by atoms with van der Waals surface area (Å²) in [5.41, 5.74) is 0. The van der Waals surface area contributed by atoms with Crippen molar-refractivity contribution < 1.29 is 24.2 Å². The topological polar surface area (TPSA) is 111 Å². The van der Waals surface area contributed by atoms with Gasteiger partial charge in [0.05, 0.1) is 29.8 Å². The van der Waals surface area contributed by atoms with Crippen LogP contribution in [0.1, 0.15) is 39.0 Å². The first-order valence-electron chi connectivity index (χ1n) is 13.0. The minimum Gasteiger partial charge on any atom is -0.396 e. The number of halogens is 1. The number of hydrogen-bond acceptors (Lipinski definition) is 7. The lowest BCUT2D eigenvalue weighted by molar-refractivity contribution is -0.140. The molecule has 3 N–H and O–H groups in total. The Kier molecular flexibility index (Phi) is 9.40. The molecule has 0 saturated carbocycles. The number of nitrogens with one attached hydrogen (secondary N) is 2. The van der Waals surface area contributed by atoms with Crippen LogP contribution in [0.15, 0.2) is 0 Å². The molecular weight excluding hydrogens is 536 g/mol. The number of hydrogen-bond donors (Lipinski definition) is 3. The van der Waals surface area contributed by atoms with Crippen molar-refractivity contribution in [3.63, 3.8) is 0 Å². The van der Waals surface area contributed by atoms with Crippen LogP contribution in [-0.2, 0) is 19.1 Å². The van der Waals surface area contributed by atoms with Crippen molar-refractivity contribution >= 4 is 45.4 Å². The number of unbranched alkanes of at least 4 members (excludes halogenated alkanes) is 2. The molecule has 3 amide bonds. The fraction of sp³-hybridized carbons (Fsp3) is 0.875. The number of morpholine rings is 1. The molecule has 0 aromatic heterocycles. The maximum atomic E-state index is 13.8. The number of aliphatic hydroxyl groups excluding tert-OH is 1. The number of likely N-dealkylation sites (tertiary alicyclic amines) is 1. The van der Waals surface area contributed by atoms with Gasteiger partial charge in [-0.15, -0.1) is 11.8 Å². The molecule has 11 heteroatoms. The zero-order valence-electron chi connectivity index (χ0n) is 20.5. The summed E-state index contributed by atoms with van der Waals surface area (Å²) in [6, 6.07) is -0.585. The molecule has 0 radical (unpaired) electrons. The summed E-state index contributed by atoms with van der Waals surface area (Å²) in [4.78, 5) is 44.8. The molecule has 0 aromatic carbocycles. The lowest BCUT2D eigenvalue weighted by Gasteiger charge is -2.35. The number of rotatable bonds is 12. The van der Waals surface area contributed by atoms with Crippen molar-refractivity contribution in [3.8, 4) is 0 Å². The van der Waals surface area contributed by atoms with Gasteiger partial charge >= 0.3 is 0 Å². The van der Waals surface area contributed by atoms with Gasteiger partial charge in [0.1, 0.15) is 6.04 Å². The fourth-order valence-electron chi connectivity index (χ4n) is 6.17. The van der Waals surface area contributed by atoms with Crippen molar-refractivity contribution in [1.29, 1.82) is 0 Å². The second-order valence-electron chi connectivity index (χ2n) is 10.0. The molecular formula is C24H39BrN4O5S. The lowest BCUT2D eigenvalue weighted by atomic mass is 9.70. The second-order valence-corrected chi connectivity index (χ2v) is 12.7. The minimum atomic E-state index is -0.593. The molecule has 0 aromatic rings. The molecule has 2 bridgehead atoms. The number of aliphatic hydroxyl groups is 1. The zero-order valence-corrected chi connectivity index (χ0v) is 22.9. The van der Waals surface area contributed by atoms with E-state index in [1.807, 2.05) is 6.92 Å². The molecule has 4 saturated heterocycles. The van der Waals surface area contributed by atoms with E-state index in [2.05, 4.69) is 31.5 Å². The Morgan fingerprint density at radius 2 is 1.89 bits per heavy atom. The third-order valence-electron chi connectivity index (χ3n) is 7.78. The summed E-state index contributed by atoms with van der Waals surface area (Å²) in [6.45, 7) is 7.61. The van der Waals surface area contributed by atoms with Gasteiger partial charge in [-0.05, 0) is 32.1 Å². The molecule has 0 aliphatic carbocycles. The van der Waals surface area contributed by atoms with Crippen molar-refractivity contribution in [2.75, 3.05) is 59.1 Å². The third-order valence-corrected chi connectivity index (χ3v) is 11.0. The number of ether oxygens (including phenoxy) is 1. The summed E-state index contributed by atoms with van der Waals surface area (Å²) < 4.78 is 4.81. The summed E-state index contributed by atoms with van der Waals surface area (Å²) in [5.74, 6) is -1.14. The zero-order chi connectivity index (χ0) is 25.0. The molecule has 4 rings (SSSR count). The van der Waals surface area contributed by atoms with Crippen LogP contribution in [0.5, 0.6) is 0 Å². The molecule has 35 heavy (non-hydrogen) atoms. The van der Waals surface area contributed by atoms with Crippen molar-refractivity contribution in [1.82, 2.24) is 20.4 Å². The van der Waals surface area contributed by atoms with Gasteiger partial charge in [-0.3, -0.25) is 19.3 Å². The van der Waals surface area contributed by atoms with Crippen LogP contribution in [-0.4, -0.2) is 113 Å². The Bertz CT molecular complexity index is 785. The molecule has 198 valence electrons. The SMILES string of the molecule is CCCNC(=O)[C@H]1[C@H]2C(=O)N(CCCCCO)C(C(=O)NCCN3CCOCC3)C23CC(Br)[C@@H]1S3. The smallest absolute Gasteiger partial charge is 0.244 e. The fourth-order valence-corrected chi connectivity index (χ4v) is 9.78. The number of nitrogens with zero attached hydrogens (tertiary/aromatic N) is 2. The number of amides is 3. The Labute approximate surface area is 220 Å². The van der Waals surface area contributed by atoms with E-state index in [9.17, 15) is 14.4 Å². The first kappa shape index (κ1) is 27.2. The standard InChI is InChI=1S/C24H39BrN4O5S/c1-2-6-26-21(31)17-18-23(33)29(8-4-3-5-12-30)20(24(18)15-16(25)19(17)35-24)22(32)27-7-9-28-10-13-34-14-11-28/h16-20,30H,2-15H2,1H3,(H,26,31)(H,27,32)/t16?,17-,18-,19-,20?,24?/m0/s1. The van der Waals surface area contributed by atoms with Gasteiger partial charge in [0, 0.05) is 56.0 Å². The predicted octanol–water partition coefficient (Wildman–Crippen LogP) is 0.588. The number of alkyl halides is 1. The Morgan fingerprint density at radius 1 is 1.14 bits per heavy atom. The summed E-state index contributed by atoms with van der Waals surface area (Å²) in [6.07, 6.45) is 3.73. The highest BCUT2D eigenvalue weighted by atomic mass is 79.9. The molecule has 4 heterocycles. The van der Waals surface area contributed by atoms with Crippen LogP contribution in [0.4, 0.5) is 0 Å². The number of thioether (sulfide) groups is 1. The highest BCUT2D eigenvalue weighted by Crippen LogP contribution is 2.67. The summed E-state index contributed by atoms with van der Waals surface area (Å²) in [5, 5.41) is 15.3. The average Bonchev–Trinajstić information content (AvgIpc) is 3.44. The number of carbonyl (C=O) groups is 3. The molecule has 6 atom stereocenters. The highest BCUT2D eigenvalue weighted by Gasteiger charge is 2.75. The second kappa shape index (κ2) is 12.1. The van der Waals surface area contributed by atoms with Gasteiger partial charge in [-0.1, -0.05) is 22.9 Å². The maximum absolute atomic E-state index is 13.8. The van der Waals surface area contributed by atoms with Gasteiger partial charge in [0.25, 0.3) is 0 Å². The van der Waals surface area contributed by atoms with Crippen LogP contribution in [0.25, 0.3) is 0 Å². The maximum Gasteiger partial charge on any atom is 0.244 e. The van der Waals surface area contributed by atoms with Gasteiger partial charge in [-0.25, -0.2) is 0 Å². The molecule has 3 unspecified atom stereocenters. The van der Waals surface area contributed by atoms with E-state index >= 15 is 0 Å². The van der Waals surface area contributed by atoms with Gasteiger partial charge in [0.15, 0.2) is 0 Å². The van der Waals surface area contributed by atoms with Gasteiger partial charge in [-0.2, -0.15) is 0 Å². The van der Waals surface area contributed by atoms with Crippen LogP contribution in [0, 0.1) is 11.8 Å². The van der Waals surface area contributed by atoms with Gasteiger partial charge in [0.2, 0.25) is 17.7 Å². The van der Waals surface area contributed by atoms with Crippen molar-refractivity contribution in [2.24, 2.45) is 11.8 Å². The van der Waals surface area contributed by atoms with E-state index in [1.54, 1.807) is 16.7 Å². The molecule has 1 spiro atoms. The predicted molar refractivity (Wildman–Crippen MR) is 138 cm³/mol. The van der Waals surface area contributed by atoms with Crippen molar-refractivity contribution in [3.05, 3.63) is 0 Å². The highest BCUT2D eigenvalue weighted by molar-refractivity contribution is 9.09. The van der Waals surface area contributed by atoms with E-state index in [1.165, 1.54) is 0 Å². The first-order chi connectivity index (χ1) is 16.9. The minimum absolute atomic E-state index is 0.0130. The number of carbonyl (C=O) groups excluding carboxylic acids is 3. The van der Waals surface area contributed by atoms with E-state index in [4.69, 9.17) is 9.84 Å². The quantitative estimate of drug-likeness (QED) is 0.231. The van der Waals surface area contributed by atoms with Crippen LogP contribution in [0.2, 0.25) is 0 Å². The normalized spacial score (nSPS) is 34.3. The average molecular weight is 576 g/mol. The van der Waals surface area contributed by atoms with Gasteiger partial charge < -0.3 is 25.4 Å². The Balaban J connectivity index is 1.52. The molecule has 4 fully saturated rings. The van der Waals surface area contributed by atoms with Crippen molar-refractivity contribution in [2.45, 2.75) is 59.9 Å².